The smallest absolute Gasteiger partial charge is 0.266 e. The van der Waals surface area contributed by atoms with E-state index in [1.54, 1.807) is 45.7 Å². The van der Waals surface area contributed by atoms with Gasteiger partial charge in [-0.15, -0.1) is 0 Å². The first-order valence-electron chi connectivity index (χ1n) is 9.86. The number of aryl methyl sites for hydroxylation is 1. The Balaban J connectivity index is 1.65. The van der Waals surface area contributed by atoms with Gasteiger partial charge in [0.15, 0.2) is 5.65 Å². The molecule has 2 aromatic carbocycles. The summed E-state index contributed by atoms with van der Waals surface area (Å²) < 4.78 is 3.29. The minimum Gasteiger partial charge on any atom is -0.326 e. The number of anilines is 1. The van der Waals surface area contributed by atoms with Gasteiger partial charge in [0, 0.05) is 36.3 Å². The zero-order valence-electron chi connectivity index (χ0n) is 17.0. The summed E-state index contributed by atoms with van der Waals surface area (Å²) in [7, 11) is 0. The van der Waals surface area contributed by atoms with Crippen LogP contribution in [0.25, 0.3) is 33.4 Å². The topological polar surface area (TPSA) is 81.3 Å². The lowest BCUT2D eigenvalue weighted by atomic mass is 10.1. The lowest BCUT2D eigenvalue weighted by molar-refractivity contribution is -0.114. The van der Waals surface area contributed by atoms with Gasteiger partial charge in [-0.3, -0.25) is 14.2 Å². The molecule has 0 aliphatic heterocycles. The van der Waals surface area contributed by atoms with E-state index in [9.17, 15) is 9.59 Å². The van der Waals surface area contributed by atoms with E-state index in [-0.39, 0.29) is 11.5 Å². The first kappa shape index (κ1) is 18.7. The number of nitrogens with zero attached hydrogens (tertiary/aromatic N) is 4. The maximum Gasteiger partial charge on any atom is 0.266 e. The van der Waals surface area contributed by atoms with Gasteiger partial charge < -0.3 is 5.32 Å². The van der Waals surface area contributed by atoms with E-state index in [0.29, 0.717) is 27.9 Å². The molecule has 3 heterocycles. The van der Waals surface area contributed by atoms with Gasteiger partial charge in [-0.1, -0.05) is 30.3 Å². The number of nitrogens with one attached hydrogen (secondary N) is 1. The van der Waals surface area contributed by atoms with Crippen molar-refractivity contribution in [1.29, 1.82) is 0 Å². The van der Waals surface area contributed by atoms with Crippen LogP contribution in [0.15, 0.2) is 77.9 Å². The fourth-order valence-electron chi connectivity index (χ4n) is 3.83. The molecular formula is C24H19N5O2. The van der Waals surface area contributed by atoms with Gasteiger partial charge >= 0.3 is 0 Å². The maximum absolute atomic E-state index is 13.2. The molecule has 0 saturated heterocycles. The minimum atomic E-state index is -0.186. The second-order valence-corrected chi connectivity index (χ2v) is 7.34. The second-order valence-electron chi connectivity index (χ2n) is 7.34. The lowest BCUT2D eigenvalue weighted by Gasteiger charge is -2.09. The molecule has 7 nitrogen and oxygen atoms in total. The van der Waals surface area contributed by atoms with Crippen molar-refractivity contribution >= 4 is 28.1 Å². The number of hydrogen-bond donors (Lipinski definition) is 1. The van der Waals surface area contributed by atoms with Crippen LogP contribution in [0.2, 0.25) is 0 Å². The average molecular weight is 409 g/mol. The molecule has 1 N–H and O–H groups in total. The number of rotatable bonds is 3. The van der Waals surface area contributed by atoms with E-state index in [0.717, 1.165) is 16.8 Å². The minimum absolute atomic E-state index is 0.143. The van der Waals surface area contributed by atoms with E-state index < -0.39 is 0 Å². The van der Waals surface area contributed by atoms with Gasteiger partial charge in [-0.2, -0.15) is 5.10 Å². The van der Waals surface area contributed by atoms with Crippen LogP contribution < -0.4 is 10.9 Å². The number of aromatic nitrogens is 4. The number of fused-ring (bicyclic) bond motifs is 3. The molecule has 152 valence electrons. The van der Waals surface area contributed by atoms with E-state index >= 15 is 0 Å². The fraction of sp³-hybridized carbons (Fsp3) is 0.0833. The highest BCUT2D eigenvalue weighted by Crippen LogP contribution is 2.28. The number of amides is 1. The predicted octanol–water partition coefficient (Wildman–Crippen LogP) is 3.97. The summed E-state index contributed by atoms with van der Waals surface area (Å²) in [5, 5.41) is 7.86. The number of carbonyl (C=O) groups is 1. The van der Waals surface area contributed by atoms with Crippen LogP contribution in [0, 0.1) is 6.92 Å². The quantitative estimate of drug-likeness (QED) is 0.489. The Kier molecular flexibility index (Phi) is 4.36. The van der Waals surface area contributed by atoms with E-state index in [2.05, 4.69) is 15.4 Å². The molecule has 0 unspecified atom stereocenters. The van der Waals surface area contributed by atoms with Crippen LogP contribution in [0.5, 0.6) is 0 Å². The van der Waals surface area contributed by atoms with Crippen LogP contribution in [0.3, 0.4) is 0 Å². The van der Waals surface area contributed by atoms with Gasteiger partial charge in [-0.25, -0.2) is 9.50 Å². The van der Waals surface area contributed by atoms with Crippen LogP contribution >= 0.6 is 0 Å². The van der Waals surface area contributed by atoms with Crippen molar-refractivity contribution in [3.63, 3.8) is 0 Å². The summed E-state index contributed by atoms with van der Waals surface area (Å²) in [6, 6.07) is 19.0. The Bertz CT molecular complexity index is 1500. The van der Waals surface area contributed by atoms with Crippen LogP contribution in [-0.2, 0) is 4.79 Å². The molecule has 5 rings (SSSR count). The molecule has 0 spiro atoms. The van der Waals surface area contributed by atoms with E-state index in [1.807, 2.05) is 43.3 Å². The first-order chi connectivity index (χ1) is 15.0. The number of hydrogen-bond acceptors (Lipinski definition) is 4. The maximum atomic E-state index is 13.2. The van der Waals surface area contributed by atoms with Crippen molar-refractivity contribution in [2.24, 2.45) is 0 Å². The third-order valence-electron chi connectivity index (χ3n) is 5.22. The van der Waals surface area contributed by atoms with Gasteiger partial charge in [0.05, 0.1) is 16.6 Å². The van der Waals surface area contributed by atoms with Crippen LogP contribution in [-0.4, -0.2) is 25.1 Å². The SMILES string of the molecule is CC(=O)Nc1ccc(-n2ccc3c(cnc4c(-c5ccccc5)c(C)nn43)c2=O)cc1. The Morgan fingerprint density at radius 3 is 2.45 bits per heavy atom. The normalized spacial score (nSPS) is 11.2. The predicted molar refractivity (Wildman–Crippen MR) is 121 cm³/mol. The van der Waals surface area contributed by atoms with E-state index in [1.165, 1.54) is 6.92 Å². The summed E-state index contributed by atoms with van der Waals surface area (Å²) in [5.74, 6) is -0.143. The van der Waals surface area contributed by atoms with Gasteiger partial charge in [-0.05, 0) is 42.8 Å². The third kappa shape index (κ3) is 3.16. The third-order valence-corrected chi connectivity index (χ3v) is 5.22. The first-order valence-corrected chi connectivity index (χ1v) is 9.86. The van der Waals surface area contributed by atoms with Crippen molar-refractivity contribution in [3.05, 3.63) is 89.1 Å². The number of benzene rings is 2. The Hall–Kier alpha value is -4.26. The van der Waals surface area contributed by atoms with Crippen molar-refractivity contribution in [2.45, 2.75) is 13.8 Å². The largest absolute Gasteiger partial charge is 0.326 e. The highest BCUT2D eigenvalue weighted by Gasteiger charge is 2.16. The Morgan fingerprint density at radius 2 is 1.74 bits per heavy atom. The molecule has 1 amide bonds. The molecule has 0 bridgehead atoms. The second kappa shape index (κ2) is 7.21. The molecular weight excluding hydrogens is 390 g/mol. The molecule has 3 aromatic heterocycles. The zero-order valence-corrected chi connectivity index (χ0v) is 17.0. The molecule has 0 aliphatic carbocycles. The molecule has 0 saturated carbocycles. The lowest BCUT2D eigenvalue weighted by Crippen LogP contribution is -2.19. The number of carbonyl (C=O) groups excluding carboxylic acids is 1. The highest BCUT2D eigenvalue weighted by atomic mass is 16.1. The van der Waals surface area contributed by atoms with Gasteiger partial charge in [0.2, 0.25) is 5.91 Å². The summed E-state index contributed by atoms with van der Waals surface area (Å²) in [4.78, 5) is 29.0. The van der Waals surface area contributed by atoms with Crippen molar-refractivity contribution in [1.82, 2.24) is 19.2 Å². The summed E-state index contributed by atoms with van der Waals surface area (Å²) in [6.07, 6.45) is 3.35. The summed E-state index contributed by atoms with van der Waals surface area (Å²) in [6.45, 7) is 3.40. The Morgan fingerprint density at radius 1 is 1.00 bits per heavy atom. The average Bonchev–Trinajstić information content (AvgIpc) is 3.11. The molecule has 5 aromatic rings. The molecule has 31 heavy (non-hydrogen) atoms. The standard InChI is InChI=1S/C24H19N5O2/c1-15-22(17-6-4-3-5-7-17)23-25-14-20-21(29(23)27-15)12-13-28(24(20)31)19-10-8-18(9-11-19)26-16(2)30/h3-14H,1-2H3,(H,26,30). The number of pyridine rings is 1. The molecule has 0 fully saturated rings. The van der Waals surface area contributed by atoms with Gasteiger partial charge in [0.25, 0.3) is 5.56 Å². The van der Waals surface area contributed by atoms with Crippen LogP contribution in [0.1, 0.15) is 12.6 Å². The molecule has 0 radical (unpaired) electrons. The molecule has 0 atom stereocenters. The monoisotopic (exact) mass is 409 g/mol. The summed E-state index contributed by atoms with van der Waals surface area (Å²) >= 11 is 0. The molecule has 0 aliphatic rings. The fourth-order valence-corrected chi connectivity index (χ4v) is 3.83. The van der Waals surface area contributed by atoms with Crippen LogP contribution in [0.4, 0.5) is 5.69 Å². The Labute approximate surface area is 177 Å². The zero-order chi connectivity index (χ0) is 21.5. The molecule has 7 heteroatoms. The van der Waals surface area contributed by atoms with Crippen molar-refractivity contribution < 1.29 is 4.79 Å². The van der Waals surface area contributed by atoms with Gasteiger partial charge in [0.1, 0.15) is 0 Å². The van der Waals surface area contributed by atoms with Crippen molar-refractivity contribution in [3.8, 4) is 16.8 Å². The summed E-state index contributed by atoms with van der Waals surface area (Å²) in [5.41, 5.74) is 5.45. The van der Waals surface area contributed by atoms with E-state index in [4.69, 9.17) is 0 Å². The van der Waals surface area contributed by atoms with Crippen molar-refractivity contribution in [2.75, 3.05) is 5.32 Å². The highest BCUT2D eigenvalue weighted by molar-refractivity contribution is 5.89.